The van der Waals surface area contributed by atoms with Gasteiger partial charge < -0.3 is 26.5 Å². The van der Waals surface area contributed by atoms with Crippen LogP contribution in [0.5, 0.6) is 11.5 Å². The lowest BCUT2D eigenvalue weighted by Crippen LogP contribution is -3.00. The van der Waals surface area contributed by atoms with E-state index in [0.29, 0.717) is 6.79 Å². The Balaban J connectivity index is 0.00000144. The Kier molecular flexibility index (Phi) is 4.54. The van der Waals surface area contributed by atoms with Gasteiger partial charge in [0, 0.05) is 22.0 Å². The predicted octanol–water partition coefficient (Wildman–Crippen LogP) is 0.369. The van der Waals surface area contributed by atoms with Crippen LogP contribution in [0.4, 0.5) is 0 Å². The van der Waals surface area contributed by atoms with Crippen LogP contribution in [0, 0.1) is 0 Å². The second kappa shape index (κ2) is 6.42. The summed E-state index contributed by atoms with van der Waals surface area (Å²) >= 11 is 3.47. The Morgan fingerprint density at radius 1 is 1.05 bits per heavy atom. The summed E-state index contributed by atoms with van der Waals surface area (Å²) in [4.78, 5) is 0. The van der Waals surface area contributed by atoms with Gasteiger partial charge in [-0.3, -0.25) is 0 Å². The summed E-state index contributed by atoms with van der Waals surface area (Å²) in [7, 11) is 0. The molecule has 3 nitrogen and oxygen atoms in total. The van der Waals surface area contributed by atoms with E-state index < -0.39 is 0 Å². The lowest BCUT2D eigenvalue weighted by molar-refractivity contribution is -0.540. The molecule has 5 heteroatoms. The van der Waals surface area contributed by atoms with E-state index in [1.165, 1.54) is 16.7 Å². The van der Waals surface area contributed by atoms with Crippen molar-refractivity contribution in [1.29, 1.82) is 0 Å². The molecule has 0 aromatic heterocycles. The van der Waals surface area contributed by atoms with E-state index in [2.05, 4.69) is 63.1 Å². The van der Waals surface area contributed by atoms with Crippen molar-refractivity contribution in [1.82, 2.24) is 0 Å². The summed E-state index contributed by atoms with van der Waals surface area (Å²) in [5, 5.41) is 0. The van der Waals surface area contributed by atoms with Gasteiger partial charge in [-0.15, -0.1) is 0 Å². The number of ether oxygens (including phenoxy) is 2. The second-order valence-corrected chi connectivity index (χ2v) is 6.30. The van der Waals surface area contributed by atoms with Crippen LogP contribution in [0.25, 0.3) is 0 Å². The molecular formula is C17H15Br2NO2. The smallest absolute Gasteiger partial charge is 0.231 e. The molecule has 0 saturated heterocycles. The maximum atomic E-state index is 5.47. The molecule has 0 unspecified atom stereocenters. The lowest BCUT2D eigenvalue weighted by Gasteiger charge is -2.13. The van der Waals surface area contributed by atoms with Crippen molar-refractivity contribution in [2.45, 2.75) is 13.0 Å². The molecule has 4 rings (SSSR count). The van der Waals surface area contributed by atoms with Gasteiger partial charge >= 0.3 is 0 Å². The van der Waals surface area contributed by atoms with E-state index in [1.54, 1.807) is 0 Å². The molecule has 2 aliphatic rings. The first-order valence-corrected chi connectivity index (χ1v) is 7.83. The molecule has 0 fully saturated rings. The first kappa shape index (κ1) is 15.6. The highest BCUT2D eigenvalue weighted by Gasteiger charge is 2.22. The van der Waals surface area contributed by atoms with Crippen LogP contribution in [0.2, 0.25) is 0 Å². The predicted molar refractivity (Wildman–Crippen MR) is 84.4 cm³/mol. The van der Waals surface area contributed by atoms with Crippen molar-refractivity contribution in [3.05, 3.63) is 57.6 Å². The van der Waals surface area contributed by atoms with Gasteiger partial charge in [0.05, 0.1) is 0 Å². The Bertz CT molecular complexity index is 726. The molecule has 0 aliphatic carbocycles. The van der Waals surface area contributed by atoms with E-state index in [-0.39, 0.29) is 17.0 Å². The Morgan fingerprint density at radius 2 is 1.77 bits per heavy atom. The normalized spacial score (nSPS) is 14.9. The van der Waals surface area contributed by atoms with Gasteiger partial charge in [-0.25, -0.2) is 4.58 Å². The maximum Gasteiger partial charge on any atom is 0.231 e. The second-order valence-electron chi connectivity index (χ2n) is 5.38. The zero-order valence-corrected chi connectivity index (χ0v) is 15.1. The molecule has 2 aliphatic heterocycles. The summed E-state index contributed by atoms with van der Waals surface area (Å²) in [6, 6.07) is 12.7. The maximum absolute atomic E-state index is 5.47. The monoisotopic (exact) mass is 423 g/mol. The third kappa shape index (κ3) is 3.06. The number of nitrogens with zero attached hydrogens (tertiary/aromatic N) is 1. The fourth-order valence-corrected chi connectivity index (χ4v) is 3.08. The van der Waals surface area contributed by atoms with E-state index in [0.717, 1.165) is 35.5 Å². The third-order valence-corrected chi connectivity index (χ3v) is 4.45. The summed E-state index contributed by atoms with van der Waals surface area (Å²) in [5.41, 5.74) is 3.90. The fraction of sp³-hybridized carbons (Fsp3) is 0.235. The summed E-state index contributed by atoms with van der Waals surface area (Å²) in [6.45, 7) is 2.30. The Hall–Kier alpha value is -1.33. The van der Waals surface area contributed by atoms with Gasteiger partial charge in [-0.2, -0.15) is 0 Å². The quantitative estimate of drug-likeness (QED) is 0.649. The van der Waals surface area contributed by atoms with Crippen LogP contribution < -0.4 is 26.5 Å². The first-order chi connectivity index (χ1) is 10.3. The SMILES string of the molecule is Brc1ccc(C[N+]2=Cc3cc4c(cc3CC2)OCO4)cc1.[Br-]. The van der Waals surface area contributed by atoms with Crippen molar-refractivity contribution in [3.63, 3.8) is 0 Å². The average molecular weight is 425 g/mol. The number of rotatable bonds is 2. The van der Waals surface area contributed by atoms with Crippen molar-refractivity contribution in [3.8, 4) is 11.5 Å². The van der Waals surface area contributed by atoms with Crippen LogP contribution in [0.3, 0.4) is 0 Å². The van der Waals surface area contributed by atoms with Crippen molar-refractivity contribution >= 4 is 22.1 Å². The largest absolute Gasteiger partial charge is 1.00 e. The number of benzene rings is 2. The zero-order valence-electron chi connectivity index (χ0n) is 11.9. The highest BCUT2D eigenvalue weighted by molar-refractivity contribution is 9.10. The highest BCUT2D eigenvalue weighted by Crippen LogP contribution is 2.35. The molecular weight excluding hydrogens is 410 g/mol. The van der Waals surface area contributed by atoms with Crippen molar-refractivity contribution in [2.24, 2.45) is 0 Å². The molecule has 2 heterocycles. The van der Waals surface area contributed by atoms with E-state index in [4.69, 9.17) is 9.47 Å². The molecule has 22 heavy (non-hydrogen) atoms. The van der Waals surface area contributed by atoms with Crippen molar-refractivity contribution < 1.29 is 31.0 Å². The molecule has 114 valence electrons. The number of fused-ring (bicyclic) bond motifs is 2. The van der Waals surface area contributed by atoms with Gasteiger partial charge in [-0.05, 0) is 29.8 Å². The minimum Gasteiger partial charge on any atom is -1.00 e. The number of hydrogen-bond acceptors (Lipinski definition) is 2. The van der Waals surface area contributed by atoms with Crippen LogP contribution >= 0.6 is 15.9 Å². The molecule has 0 bridgehead atoms. The van der Waals surface area contributed by atoms with Crippen LogP contribution in [0.15, 0.2) is 40.9 Å². The van der Waals surface area contributed by atoms with Gasteiger partial charge in [0.15, 0.2) is 24.3 Å². The van der Waals surface area contributed by atoms with E-state index >= 15 is 0 Å². The topological polar surface area (TPSA) is 21.5 Å². The average Bonchev–Trinajstić information content (AvgIpc) is 2.94. The van der Waals surface area contributed by atoms with Crippen molar-refractivity contribution in [2.75, 3.05) is 13.3 Å². The first-order valence-electron chi connectivity index (χ1n) is 7.04. The van der Waals surface area contributed by atoms with Gasteiger partial charge in [-0.1, -0.05) is 28.1 Å². The van der Waals surface area contributed by atoms with Crippen LogP contribution in [0.1, 0.15) is 16.7 Å². The number of halogens is 2. The molecule has 0 spiro atoms. The standard InChI is InChI=1S/C17H15BrNO2.BrH/c18-15-3-1-12(2-4-15)9-19-6-5-13-7-16-17(21-11-20-16)8-14(13)10-19;/h1-4,7-8,10H,5-6,9,11H2;1H/q+1;/p-1. The Morgan fingerprint density at radius 3 is 2.55 bits per heavy atom. The minimum atomic E-state index is 0. The molecule has 0 atom stereocenters. The molecule has 0 amide bonds. The number of hydrogen-bond donors (Lipinski definition) is 0. The minimum absolute atomic E-state index is 0. The van der Waals surface area contributed by atoms with E-state index in [9.17, 15) is 0 Å². The van der Waals surface area contributed by atoms with Gasteiger partial charge in [0.1, 0.15) is 6.54 Å². The third-order valence-electron chi connectivity index (χ3n) is 3.92. The lowest BCUT2D eigenvalue weighted by atomic mass is 10.0. The van der Waals surface area contributed by atoms with E-state index in [1.807, 2.05) is 0 Å². The zero-order chi connectivity index (χ0) is 14.2. The molecule has 0 radical (unpaired) electrons. The molecule has 0 N–H and O–H groups in total. The van der Waals surface area contributed by atoms with Gasteiger partial charge in [0.25, 0.3) is 0 Å². The van der Waals surface area contributed by atoms with Crippen LogP contribution in [-0.2, 0) is 13.0 Å². The summed E-state index contributed by atoms with van der Waals surface area (Å²) in [6.07, 6.45) is 3.27. The molecule has 0 saturated carbocycles. The Labute approximate surface area is 148 Å². The van der Waals surface area contributed by atoms with Gasteiger partial charge in [0.2, 0.25) is 6.79 Å². The molecule has 2 aromatic carbocycles. The highest BCUT2D eigenvalue weighted by atomic mass is 79.9. The fourth-order valence-electron chi connectivity index (χ4n) is 2.81. The summed E-state index contributed by atoms with van der Waals surface area (Å²) in [5.74, 6) is 1.74. The molecule has 2 aromatic rings. The summed E-state index contributed by atoms with van der Waals surface area (Å²) < 4.78 is 14.4. The van der Waals surface area contributed by atoms with Crippen LogP contribution in [-0.4, -0.2) is 24.1 Å².